The normalized spacial score (nSPS) is 33.2. The molecule has 2 aromatic rings. The average Bonchev–Trinajstić information content (AvgIpc) is 3.50. The molecule has 1 N–H and O–H groups in total. The Bertz CT molecular complexity index is 953. The molecule has 1 unspecified atom stereocenters. The minimum Gasteiger partial charge on any atom is -0.351 e. The Morgan fingerprint density at radius 3 is 2.47 bits per heavy atom. The summed E-state index contributed by atoms with van der Waals surface area (Å²) in [7, 11) is 0. The zero-order valence-corrected chi connectivity index (χ0v) is 18.4. The number of fused-ring (bicyclic) bond motifs is 1. The summed E-state index contributed by atoms with van der Waals surface area (Å²) in [5.41, 5.74) is 3.58. The van der Waals surface area contributed by atoms with E-state index in [1.165, 1.54) is 62.3 Å². The molecule has 0 radical (unpaired) electrons. The minimum absolute atomic E-state index is 0.0978. The Labute approximate surface area is 179 Å². The van der Waals surface area contributed by atoms with Crippen LogP contribution in [0.25, 0.3) is 11.0 Å². The first kappa shape index (κ1) is 18.8. The molecule has 0 spiro atoms. The second-order valence-electron chi connectivity index (χ2n) is 10.9. The van der Waals surface area contributed by atoms with Gasteiger partial charge in [-0.3, -0.25) is 4.79 Å². The van der Waals surface area contributed by atoms with Crippen molar-refractivity contribution in [2.24, 2.45) is 23.2 Å². The van der Waals surface area contributed by atoms with E-state index in [4.69, 9.17) is 5.10 Å². The van der Waals surface area contributed by atoms with Gasteiger partial charge in [-0.15, -0.1) is 0 Å². The van der Waals surface area contributed by atoms with Crippen molar-refractivity contribution in [1.82, 2.24) is 20.1 Å². The first-order valence-corrected chi connectivity index (χ1v) is 12.2. The predicted molar refractivity (Wildman–Crippen MR) is 117 cm³/mol. The van der Waals surface area contributed by atoms with Gasteiger partial charge >= 0.3 is 0 Å². The smallest absolute Gasteiger partial charge is 0.242 e. The third-order valence-corrected chi connectivity index (χ3v) is 8.72. The van der Waals surface area contributed by atoms with Crippen LogP contribution in [-0.2, 0) is 11.3 Å². The van der Waals surface area contributed by atoms with E-state index in [1.807, 2.05) is 10.9 Å². The highest BCUT2D eigenvalue weighted by molar-refractivity contribution is 5.85. The number of nitrogens with zero attached hydrogens (tertiary/aromatic N) is 3. The fourth-order valence-electron chi connectivity index (χ4n) is 7.82. The van der Waals surface area contributed by atoms with Crippen molar-refractivity contribution >= 4 is 16.9 Å². The summed E-state index contributed by atoms with van der Waals surface area (Å²) < 4.78 is 1.83. The lowest BCUT2D eigenvalue weighted by molar-refractivity contribution is -0.127. The summed E-state index contributed by atoms with van der Waals surface area (Å²) in [6.45, 7) is 4.57. The largest absolute Gasteiger partial charge is 0.351 e. The summed E-state index contributed by atoms with van der Waals surface area (Å²) in [5.74, 6) is 3.47. The number of carbonyl (C=O) groups is 1. The lowest BCUT2D eigenvalue weighted by Gasteiger charge is -2.59. The maximum atomic E-state index is 13.2. The van der Waals surface area contributed by atoms with Crippen molar-refractivity contribution < 1.29 is 4.79 Å². The monoisotopic (exact) mass is 406 g/mol. The zero-order chi connectivity index (χ0) is 20.5. The van der Waals surface area contributed by atoms with Gasteiger partial charge in [0, 0.05) is 17.6 Å². The van der Waals surface area contributed by atoms with E-state index in [0.29, 0.717) is 17.4 Å². The van der Waals surface area contributed by atoms with E-state index < -0.39 is 0 Å². The van der Waals surface area contributed by atoms with Crippen LogP contribution >= 0.6 is 0 Å². The molecule has 1 atom stereocenters. The standard InChI is InChI=1S/C25H34N4O/c1-3-21(25-11-16-8-17(12-25)10-18(9-16)13-25)27-22(30)14-29-24-23(15(2)28-29)20(6-7-26-24)19-4-5-19/h6-7,16-19,21H,3-5,8-14H2,1-2H3,(H,27,30). The number of aryl methyl sites for hydroxylation is 1. The molecule has 2 heterocycles. The molecular weight excluding hydrogens is 372 g/mol. The van der Waals surface area contributed by atoms with E-state index in [0.717, 1.165) is 35.5 Å². The second-order valence-corrected chi connectivity index (χ2v) is 10.9. The van der Waals surface area contributed by atoms with Gasteiger partial charge in [0.05, 0.1) is 5.69 Å². The molecule has 0 aliphatic heterocycles. The molecular formula is C25H34N4O. The Kier molecular flexibility index (Phi) is 4.26. The summed E-state index contributed by atoms with van der Waals surface area (Å²) >= 11 is 0. The Morgan fingerprint density at radius 2 is 1.87 bits per heavy atom. The van der Waals surface area contributed by atoms with Gasteiger partial charge in [0.15, 0.2) is 5.65 Å². The minimum atomic E-state index is 0.0978. The van der Waals surface area contributed by atoms with Crippen molar-refractivity contribution in [3.63, 3.8) is 0 Å². The molecule has 7 rings (SSSR count). The van der Waals surface area contributed by atoms with Crippen molar-refractivity contribution in [2.75, 3.05) is 0 Å². The number of rotatable bonds is 6. The van der Waals surface area contributed by atoms with Crippen LogP contribution in [0.15, 0.2) is 12.3 Å². The van der Waals surface area contributed by atoms with Crippen LogP contribution in [0.4, 0.5) is 0 Å². The van der Waals surface area contributed by atoms with E-state index in [1.54, 1.807) is 0 Å². The third kappa shape index (κ3) is 2.99. The molecule has 5 heteroatoms. The first-order valence-electron chi connectivity index (χ1n) is 12.2. The number of hydrogen-bond donors (Lipinski definition) is 1. The SMILES string of the molecule is CCC(NC(=O)Cn1nc(C)c2c(C3CC3)ccnc21)C12CC3CC(CC(C3)C1)C2. The highest BCUT2D eigenvalue weighted by atomic mass is 16.2. The van der Waals surface area contributed by atoms with Gasteiger partial charge in [-0.05, 0) is 105 Å². The van der Waals surface area contributed by atoms with Gasteiger partial charge in [-0.2, -0.15) is 5.10 Å². The van der Waals surface area contributed by atoms with Gasteiger partial charge < -0.3 is 5.32 Å². The fourth-order valence-corrected chi connectivity index (χ4v) is 7.82. The van der Waals surface area contributed by atoms with E-state index >= 15 is 0 Å². The van der Waals surface area contributed by atoms with Crippen LogP contribution in [0.2, 0.25) is 0 Å². The second kappa shape index (κ2) is 6.80. The molecule has 0 aromatic carbocycles. The molecule has 0 saturated heterocycles. The molecule has 5 aliphatic carbocycles. The topological polar surface area (TPSA) is 59.8 Å². The van der Waals surface area contributed by atoms with Gasteiger partial charge in [0.1, 0.15) is 6.54 Å². The maximum Gasteiger partial charge on any atom is 0.242 e. The molecule has 5 aliphatic rings. The first-order chi connectivity index (χ1) is 14.5. The summed E-state index contributed by atoms with van der Waals surface area (Å²) in [6.07, 6.45) is 13.7. The van der Waals surface area contributed by atoms with Gasteiger partial charge in [0.2, 0.25) is 5.91 Å². The fraction of sp³-hybridized carbons (Fsp3) is 0.720. The van der Waals surface area contributed by atoms with E-state index in [2.05, 4.69) is 30.2 Å². The van der Waals surface area contributed by atoms with Gasteiger partial charge in [0.25, 0.3) is 0 Å². The summed E-state index contributed by atoms with van der Waals surface area (Å²) in [6, 6.07) is 2.44. The number of hydrogen-bond acceptors (Lipinski definition) is 3. The highest BCUT2D eigenvalue weighted by Crippen LogP contribution is 2.61. The molecule has 160 valence electrons. The lowest BCUT2D eigenvalue weighted by atomic mass is 9.47. The van der Waals surface area contributed by atoms with Crippen LogP contribution in [0.1, 0.15) is 81.9 Å². The molecule has 5 fully saturated rings. The van der Waals surface area contributed by atoms with Crippen molar-refractivity contribution in [1.29, 1.82) is 0 Å². The molecule has 4 bridgehead atoms. The number of carbonyl (C=O) groups excluding carboxylic acids is 1. The van der Waals surface area contributed by atoms with E-state index in [9.17, 15) is 4.79 Å². The highest BCUT2D eigenvalue weighted by Gasteiger charge is 2.54. The maximum absolute atomic E-state index is 13.2. The van der Waals surface area contributed by atoms with E-state index in [-0.39, 0.29) is 12.5 Å². The number of pyridine rings is 1. The predicted octanol–water partition coefficient (Wildman–Crippen LogP) is 4.73. The van der Waals surface area contributed by atoms with Crippen molar-refractivity contribution in [2.45, 2.75) is 90.1 Å². The van der Waals surface area contributed by atoms with Crippen LogP contribution in [0.3, 0.4) is 0 Å². The van der Waals surface area contributed by atoms with Crippen LogP contribution < -0.4 is 5.32 Å². The van der Waals surface area contributed by atoms with Crippen LogP contribution in [0, 0.1) is 30.1 Å². The van der Waals surface area contributed by atoms with Crippen LogP contribution in [-0.4, -0.2) is 26.7 Å². The molecule has 2 aromatic heterocycles. The molecule has 5 nitrogen and oxygen atoms in total. The summed E-state index contributed by atoms with van der Waals surface area (Å²) in [4.78, 5) is 17.8. The average molecular weight is 407 g/mol. The summed E-state index contributed by atoms with van der Waals surface area (Å²) in [5, 5.41) is 9.36. The number of nitrogens with one attached hydrogen (secondary N) is 1. The number of aromatic nitrogens is 3. The van der Waals surface area contributed by atoms with Gasteiger partial charge in [-0.1, -0.05) is 6.92 Å². The lowest BCUT2D eigenvalue weighted by Crippen LogP contribution is -2.57. The van der Waals surface area contributed by atoms with Crippen molar-refractivity contribution in [3.05, 3.63) is 23.5 Å². The molecule has 30 heavy (non-hydrogen) atoms. The van der Waals surface area contributed by atoms with Crippen LogP contribution in [0.5, 0.6) is 0 Å². The third-order valence-electron chi connectivity index (χ3n) is 8.72. The van der Waals surface area contributed by atoms with Gasteiger partial charge in [-0.25, -0.2) is 9.67 Å². The quantitative estimate of drug-likeness (QED) is 0.754. The van der Waals surface area contributed by atoms with Crippen molar-refractivity contribution in [3.8, 4) is 0 Å². The molecule has 1 amide bonds. The molecule has 5 saturated carbocycles. The Hall–Kier alpha value is -1.91. The Morgan fingerprint density at radius 1 is 1.20 bits per heavy atom. The number of amides is 1. The Balaban J connectivity index is 1.22. The zero-order valence-electron chi connectivity index (χ0n) is 18.4.